The maximum atomic E-state index is 12.6. The lowest BCUT2D eigenvalue weighted by Gasteiger charge is -2.01. The van der Waals surface area contributed by atoms with Gasteiger partial charge in [-0.3, -0.25) is 0 Å². The van der Waals surface area contributed by atoms with Crippen LogP contribution in [0, 0.1) is 5.82 Å². The molecule has 74 valence electrons. The summed E-state index contributed by atoms with van der Waals surface area (Å²) in [4.78, 5) is 10.1. The topological polar surface area (TPSA) is 46.5 Å². The monoisotopic (exact) mass is 196 g/mol. The third-order valence-corrected chi connectivity index (χ3v) is 1.40. The molecule has 0 spiro atoms. The van der Waals surface area contributed by atoms with Crippen molar-refractivity contribution >= 4 is 5.97 Å². The highest BCUT2D eigenvalue weighted by molar-refractivity contribution is 5.79. The van der Waals surface area contributed by atoms with Crippen LogP contribution in [0.15, 0.2) is 36.4 Å². The summed E-state index contributed by atoms with van der Waals surface area (Å²) in [5, 5.41) is 8.25. The first-order chi connectivity index (χ1) is 6.68. The average Bonchev–Trinajstić information content (AvgIpc) is 2.12. The number of halogens is 1. The third-order valence-electron chi connectivity index (χ3n) is 1.40. The number of hydrogen-bond donors (Lipinski definition) is 1. The summed E-state index contributed by atoms with van der Waals surface area (Å²) >= 11 is 0. The molecule has 14 heavy (non-hydrogen) atoms. The van der Waals surface area contributed by atoms with Crippen LogP contribution in [0.1, 0.15) is 0 Å². The molecule has 0 aromatic heterocycles. The lowest BCUT2D eigenvalue weighted by molar-refractivity contribution is -0.131. The number of carboxylic acids is 1. The third kappa shape index (κ3) is 3.71. The van der Waals surface area contributed by atoms with Gasteiger partial charge in [-0.2, -0.15) is 0 Å². The molecule has 0 atom stereocenters. The van der Waals surface area contributed by atoms with Gasteiger partial charge in [0.1, 0.15) is 18.2 Å². The van der Waals surface area contributed by atoms with Gasteiger partial charge in [-0.15, -0.1) is 0 Å². The van der Waals surface area contributed by atoms with Crippen molar-refractivity contribution in [3.63, 3.8) is 0 Å². The number of ether oxygens (including phenoxy) is 1. The molecule has 0 heterocycles. The van der Waals surface area contributed by atoms with E-state index in [0.29, 0.717) is 5.75 Å². The molecule has 4 heteroatoms. The van der Waals surface area contributed by atoms with E-state index in [1.54, 1.807) is 6.07 Å². The van der Waals surface area contributed by atoms with E-state index in [4.69, 9.17) is 9.84 Å². The van der Waals surface area contributed by atoms with Gasteiger partial charge < -0.3 is 9.84 Å². The molecule has 1 N–H and O–H groups in total. The average molecular weight is 196 g/mol. The Bertz CT molecular complexity index is 347. The normalized spacial score (nSPS) is 10.4. The number of carboxylic acid groups (broad SMARTS) is 1. The molecule has 0 amide bonds. The predicted molar refractivity (Wildman–Crippen MR) is 48.7 cm³/mol. The summed E-state index contributed by atoms with van der Waals surface area (Å²) in [5.41, 5.74) is 0. The minimum absolute atomic E-state index is 0.107. The highest BCUT2D eigenvalue weighted by Crippen LogP contribution is 2.11. The van der Waals surface area contributed by atoms with Gasteiger partial charge in [0.25, 0.3) is 0 Å². The van der Waals surface area contributed by atoms with E-state index >= 15 is 0 Å². The zero-order chi connectivity index (χ0) is 10.4. The minimum atomic E-state index is -1.03. The Morgan fingerprint density at radius 2 is 2.36 bits per heavy atom. The largest absolute Gasteiger partial charge is 0.489 e. The molecule has 0 aliphatic rings. The first kappa shape index (κ1) is 10.2. The van der Waals surface area contributed by atoms with Gasteiger partial charge >= 0.3 is 5.97 Å². The van der Waals surface area contributed by atoms with Crippen LogP contribution in [0.4, 0.5) is 4.39 Å². The minimum Gasteiger partial charge on any atom is -0.489 e. The predicted octanol–water partition coefficient (Wildman–Crippen LogP) is 1.85. The number of benzene rings is 1. The molecule has 0 fully saturated rings. The first-order valence-corrected chi connectivity index (χ1v) is 3.96. The van der Waals surface area contributed by atoms with E-state index < -0.39 is 5.97 Å². The Labute approximate surface area is 80.4 Å². The van der Waals surface area contributed by atoms with Crippen LogP contribution in [0.3, 0.4) is 0 Å². The Morgan fingerprint density at radius 1 is 1.57 bits per heavy atom. The Balaban J connectivity index is 2.42. The van der Waals surface area contributed by atoms with Gasteiger partial charge in [0.2, 0.25) is 0 Å². The van der Waals surface area contributed by atoms with Gasteiger partial charge in [-0.25, -0.2) is 9.18 Å². The number of carbonyl (C=O) groups is 1. The Kier molecular flexibility index (Phi) is 3.67. The van der Waals surface area contributed by atoms with Crippen molar-refractivity contribution in [2.75, 3.05) is 6.61 Å². The van der Waals surface area contributed by atoms with Gasteiger partial charge in [0.15, 0.2) is 0 Å². The quantitative estimate of drug-likeness (QED) is 0.747. The summed E-state index contributed by atoms with van der Waals surface area (Å²) < 4.78 is 17.7. The molecule has 0 unspecified atom stereocenters. The van der Waals surface area contributed by atoms with Gasteiger partial charge in [-0.1, -0.05) is 6.07 Å². The standard InChI is InChI=1S/C10H9FO3/c11-8-3-1-4-9(7-8)14-6-2-5-10(12)13/h1-5,7H,6H2,(H,12,13)/b5-2+. The molecule has 0 radical (unpaired) electrons. The number of hydrogen-bond acceptors (Lipinski definition) is 2. The highest BCUT2D eigenvalue weighted by Gasteiger charge is 1.93. The van der Waals surface area contributed by atoms with Crippen molar-refractivity contribution in [2.24, 2.45) is 0 Å². The second-order valence-electron chi connectivity index (χ2n) is 2.51. The number of aliphatic carboxylic acids is 1. The van der Waals surface area contributed by atoms with Crippen molar-refractivity contribution in [3.8, 4) is 5.75 Å². The second-order valence-corrected chi connectivity index (χ2v) is 2.51. The molecule has 1 rings (SSSR count). The molecule has 1 aromatic rings. The van der Waals surface area contributed by atoms with E-state index in [0.717, 1.165) is 6.08 Å². The fourth-order valence-corrected chi connectivity index (χ4v) is 0.850. The zero-order valence-electron chi connectivity index (χ0n) is 7.31. The Morgan fingerprint density at radius 3 is 3.00 bits per heavy atom. The first-order valence-electron chi connectivity index (χ1n) is 3.96. The van der Waals surface area contributed by atoms with E-state index in [-0.39, 0.29) is 12.4 Å². The summed E-state index contributed by atoms with van der Waals surface area (Å²) in [6, 6.07) is 5.65. The fraction of sp³-hybridized carbons (Fsp3) is 0.100. The van der Waals surface area contributed by atoms with E-state index in [1.165, 1.54) is 24.3 Å². The van der Waals surface area contributed by atoms with Crippen molar-refractivity contribution in [1.82, 2.24) is 0 Å². The SMILES string of the molecule is O=C(O)/C=C/COc1cccc(F)c1. The highest BCUT2D eigenvalue weighted by atomic mass is 19.1. The van der Waals surface area contributed by atoms with Crippen LogP contribution >= 0.6 is 0 Å². The smallest absolute Gasteiger partial charge is 0.328 e. The van der Waals surface area contributed by atoms with Crippen molar-refractivity contribution in [1.29, 1.82) is 0 Å². The van der Waals surface area contributed by atoms with Crippen LogP contribution in [-0.2, 0) is 4.79 Å². The van der Waals surface area contributed by atoms with Crippen LogP contribution in [0.5, 0.6) is 5.75 Å². The van der Waals surface area contributed by atoms with E-state index in [9.17, 15) is 9.18 Å². The molecule has 3 nitrogen and oxygen atoms in total. The summed E-state index contributed by atoms with van der Waals surface area (Å²) in [6.07, 6.45) is 2.31. The van der Waals surface area contributed by atoms with E-state index in [2.05, 4.69) is 0 Å². The molecule has 0 saturated heterocycles. The molecule has 1 aromatic carbocycles. The molecule has 0 aliphatic carbocycles. The molecule has 0 bridgehead atoms. The van der Waals surface area contributed by atoms with Gasteiger partial charge in [-0.05, 0) is 18.2 Å². The van der Waals surface area contributed by atoms with Crippen LogP contribution < -0.4 is 4.74 Å². The van der Waals surface area contributed by atoms with Crippen LogP contribution in [0.2, 0.25) is 0 Å². The summed E-state index contributed by atoms with van der Waals surface area (Å²) in [6.45, 7) is 0.107. The maximum absolute atomic E-state index is 12.6. The van der Waals surface area contributed by atoms with Crippen molar-refractivity contribution in [3.05, 3.63) is 42.2 Å². The van der Waals surface area contributed by atoms with Crippen molar-refractivity contribution in [2.45, 2.75) is 0 Å². The van der Waals surface area contributed by atoms with Gasteiger partial charge in [0, 0.05) is 12.1 Å². The molecular formula is C10H9FO3. The summed E-state index contributed by atoms with van der Waals surface area (Å²) in [5.74, 6) is -1.04. The Hall–Kier alpha value is -1.84. The van der Waals surface area contributed by atoms with Crippen LogP contribution in [-0.4, -0.2) is 17.7 Å². The van der Waals surface area contributed by atoms with Crippen molar-refractivity contribution < 1.29 is 19.0 Å². The number of rotatable bonds is 4. The summed E-state index contributed by atoms with van der Waals surface area (Å²) in [7, 11) is 0. The fourth-order valence-electron chi connectivity index (χ4n) is 0.850. The second kappa shape index (κ2) is 5.01. The van der Waals surface area contributed by atoms with E-state index in [1.807, 2.05) is 0 Å². The lowest BCUT2D eigenvalue weighted by Crippen LogP contribution is -1.95. The molecule has 0 saturated carbocycles. The lowest BCUT2D eigenvalue weighted by atomic mass is 10.3. The van der Waals surface area contributed by atoms with Crippen LogP contribution in [0.25, 0.3) is 0 Å². The molecular weight excluding hydrogens is 187 g/mol. The molecule has 0 aliphatic heterocycles. The zero-order valence-corrected chi connectivity index (χ0v) is 7.31. The van der Waals surface area contributed by atoms with Gasteiger partial charge in [0.05, 0.1) is 0 Å². The maximum Gasteiger partial charge on any atom is 0.328 e.